The minimum absolute atomic E-state index is 1.09. The Hall–Kier alpha value is -7.94. The van der Waals surface area contributed by atoms with Gasteiger partial charge in [-0.1, -0.05) is 194 Å². The minimum Gasteiger partial charge on any atom is -0.309 e. The van der Waals surface area contributed by atoms with Crippen molar-refractivity contribution in [2.45, 2.75) is 0 Å². The topological polar surface area (TPSA) is 8.17 Å². The highest BCUT2D eigenvalue weighted by atomic mass is 15.1. The summed E-state index contributed by atoms with van der Waals surface area (Å²) in [6.07, 6.45) is 0. The van der Waals surface area contributed by atoms with Gasteiger partial charge in [0.1, 0.15) is 0 Å². The van der Waals surface area contributed by atoms with Gasteiger partial charge >= 0.3 is 0 Å². The number of nitrogens with zero attached hydrogens (tertiary/aromatic N) is 2. The molecule has 0 atom stereocenters. The fourth-order valence-corrected chi connectivity index (χ4v) is 9.08. The second-order valence-electron chi connectivity index (χ2n) is 15.3. The van der Waals surface area contributed by atoms with E-state index in [0.717, 1.165) is 33.9 Å². The van der Waals surface area contributed by atoms with E-state index in [1.807, 2.05) is 0 Å². The maximum Gasteiger partial charge on any atom is 0.0547 e. The van der Waals surface area contributed by atoms with E-state index in [9.17, 15) is 0 Å². The third-order valence-corrected chi connectivity index (χ3v) is 11.8. The number of benzene rings is 10. The van der Waals surface area contributed by atoms with Crippen LogP contribution in [0.4, 0.5) is 17.1 Å². The van der Waals surface area contributed by atoms with E-state index in [1.165, 1.54) is 66.0 Å². The van der Waals surface area contributed by atoms with Gasteiger partial charge in [-0.15, -0.1) is 0 Å². The normalized spacial score (nSPS) is 11.3. The molecule has 0 spiro atoms. The molecule has 60 heavy (non-hydrogen) atoms. The molecular weight excluding hydrogens is 725 g/mol. The summed E-state index contributed by atoms with van der Waals surface area (Å²) >= 11 is 0. The summed E-state index contributed by atoms with van der Waals surface area (Å²) in [7, 11) is 0. The molecular formula is C58H40N2. The molecule has 0 saturated heterocycles. The van der Waals surface area contributed by atoms with Gasteiger partial charge in [-0.05, 0) is 92.9 Å². The van der Waals surface area contributed by atoms with Crippen molar-refractivity contribution in [1.82, 2.24) is 4.57 Å². The molecule has 2 nitrogen and oxygen atoms in total. The van der Waals surface area contributed by atoms with E-state index in [0.29, 0.717) is 0 Å². The van der Waals surface area contributed by atoms with Crippen LogP contribution in [-0.4, -0.2) is 4.57 Å². The van der Waals surface area contributed by atoms with Crippen molar-refractivity contribution in [3.05, 3.63) is 243 Å². The number of anilines is 3. The Balaban J connectivity index is 1.11. The summed E-state index contributed by atoms with van der Waals surface area (Å²) in [6, 6.07) is 87.9. The van der Waals surface area contributed by atoms with Crippen molar-refractivity contribution in [2.75, 3.05) is 4.90 Å². The maximum absolute atomic E-state index is 2.46. The predicted molar refractivity (Wildman–Crippen MR) is 255 cm³/mol. The lowest BCUT2D eigenvalue weighted by molar-refractivity contribution is 1.18. The molecule has 0 bridgehead atoms. The average Bonchev–Trinajstić information content (AvgIpc) is 3.66. The van der Waals surface area contributed by atoms with Gasteiger partial charge in [-0.25, -0.2) is 0 Å². The standard InChI is InChI=1S/C58H40N2/c1-3-19-41(20-4-1)47-27-9-10-29-49(47)50-30-11-12-31-51(50)52-32-13-15-34-56(52)60(55-36-18-22-42-21-7-8-28-48(42)55)46-26-17-23-43(39-46)44-37-38-54-53-33-14-16-35-57(53)59(58(54)40-44)45-24-5-2-6-25-45/h1-40H. The van der Waals surface area contributed by atoms with Crippen molar-refractivity contribution in [2.24, 2.45) is 0 Å². The van der Waals surface area contributed by atoms with Crippen LogP contribution in [0.5, 0.6) is 0 Å². The second kappa shape index (κ2) is 15.1. The van der Waals surface area contributed by atoms with Gasteiger partial charge in [0.2, 0.25) is 0 Å². The van der Waals surface area contributed by atoms with E-state index < -0.39 is 0 Å². The molecule has 0 aliphatic rings. The number of hydrogen-bond donors (Lipinski definition) is 0. The molecule has 0 amide bonds. The van der Waals surface area contributed by atoms with Gasteiger partial charge in [0.15, 0.2) is 0 Å². The monoisotopic (exact) mass is 764 g/mol. The van der Waals surface area contributed by atoms with Crippen LogP contribution in [-0.2, 0) is 0 Å². The molecule has 10 aromatic carbocycles. The van der Waals surface area contributed by atoms with E-state index in [-0.39, 0.29) is 0 Å². The molecule has 0 saturated carbocycles. The summed E-state index contributed by atoms with van der Waals surface area (Å²) in [5, 5.41) is 4.89. The highest BCUT2D eigenvalue weighted by molar-refractivity contribution is 6.10. The van der Waals surface area contributed by atoms with Crippen LogP contribution >= 0.6 is 0 Å². The predicted octanol–water partition coefficient (Wildman–Crippen LogP) is 16.1. The van der Waals surface area contributed by atoms with E-state index in [1.54, 1.807) is 0 Å². The van der Waals surface area contributed by atoms with Crippen LogP contribution < -0.4 is 4.90 Å². The molecule has 0 N–H and O–H groups in total. The average molecular weight is 765 g/mol. The van der Waals surface area contributed by atoms with Crippen molar-refractivity contribution < 1.29 is 0 Å². The van der Waals surface area contributed by atoms with E-state index in [4.69, 9.17) is 0 Å². The Morgan fingerprint density at radius 1 is 0.283 bits per heavy atom. The summed E-state index contributed by atoms with van der Waals surface area (Å²) in [5.74, 6) is 0. The molecule has 0 radical (unpaired) electrons. The smallest absolute Gasteiger partial charge is 0.0547 e. The zero-order valence-corrected chi connectivity index (χ0v) is 33.0. The van der Waals surface area contributed by atoms with Gasteiger partial charge in [-0.3, -0.25) is 0 Å². The van der Waals surface area contributed by atoms with Crippen LogP contribution in [0.3, 0.4) is 0 Å². The van der Waals surface area contributed by atoms with Crippen molar-refractivity contribution in [1.29, 1.82) is 0 Å². The molecule has 11 aromatic rings. The Kier molecular flexibility index (Phi) is 8.87. The molecule has 11 rings (SSSR count). The number of hydrogen-bond acceptors (Lipinski definition) is 1. The molecule has 0 aliphatic heterocycles. The summed E-state index contributed by atoms with van der Waals surface area (Å²) in [4.78, 5) is 2.46. The first-order chi connectivity index (χ1) is 29.8. The van der Waals surface area contributed by atoms with Crippen molar-refractivity contribution in [3.63, 3.8) is 0 Å². The van der Waals surface area contributed by atoms with Gasteiger partial charge in [-0.2, -0.15) is 0 Å². The maximum atomic E-state index is 2.46. The van der Waals surface area contributed by atoms with Gasteiger partial charge in [0.05, 0.1) is 22.4 Å². The minimum atomic E-state index is 1.09. The first kappa shape index (κ1) is 35.2. The number of aromatic nitrogens is 1. The quantitative estimate of drug-likeness (QED) is 0.150. The summed E-state index contributed by atoms with van der Waals surface area (Å²) in [5.41, 5.74) is 16.3. The molecule has 0 fully saturated rings. The SMILES string of the molecule is c1ccc(-c2ccccc2-c2ccccc2-c2ccccc2N(c2cccc(-c3ccc4c5ccccc5n(-c5ccccc5)c4c3)c2)c2cccc3ccccc23)cc1. The van der Waals surface area contributed by atoms with Crippen LogP contribution in [0, 0.1) is 0 Å². The fourth-order valence-electron chi connectivity index (χ4n) is 9.08. The Morgan fingerprint density at radius 3 is 1.60 bits per heavy atom. The zero-order valence-electron chi connectivity index (χ0n) is 33.0. The zero-order chi connectivity index (χ0) is 39.8. The molecule has 282 valence electrons. The number of rotatable bonds is 8. The molecule has 2 heteroatoms. The molecule has 0 aliphatic carbocycles. The van der Waals surface area contributed by atoms with Crippen molar-refractivity contribution >= 4 is 49.6 Å². The first-order valence-corrected chi connectivity index (χ1v) is 20.6. The van der Waals surface area contributed by atoms with Crippen LogP contribution in [0.2, 0.25) is 0 Å². The van der Waals surface area contributed by atoms with Crippen LogP contribution in [0.1, 0.15) is 0 Å². The lowest BCUT2D eigenvalue weighted by Gasteiger charge is -2.30. The molecule has 1 heterocycles. The highest BCUT2D eigenvalue weighted by Gasteiger charge is 2.22. The van der Waals surface area contributed by atoms with Gasteiger partial charge in [0.25, 0.3) is 0 Å². The lowest BCUT2D eigenvalue weighted by atomic mass is 9.88. The highest BCUT2D eigenvalue weighted by Crippen LogP contribution is 2.47. The van der Waals surface area contributed by atoms with E-state index in [2.05, 4.69) is 252 Å². The van der Waals surface area contributed by atoms with Crippen LogP contribution in [0.25, 0.3) is 82.8 Å². The summed E-state index contributed by atoms with van der Waals surface area (Å²) < 4.78 is 2.39. The third-order valence-electron chi connectivity index (χ3n) is 11.8. The third kappa shape index (κ3) is 6.14. The largest absolute Gasteiger partial charge is 0.309 e. The Bertz CT molecular complexity index is 3320. The van der Waals surface area contributed by atoms with Gasteiger partial charge in [0, 0.05) is 33.1 Å². The number of fused-ring (bicyclic) bond motifs is 4. The number of para-hydroxylation sites is 3. The van der Waals surface area contributed by atoms with Crippen LogP contribution in [0.15, 0.2) is 243 Å². The van der Waals surface area contributed by atoms with Crippen molar-refractivity contribution in [3.8, 4) is 50.2 Å². The van der Waals surface area contributed by atoms with Gasteiger partial charge < -0.3 is 9.47 Å². The lowest BCUT2D eigenvalue weighted by Crippen LogP contribution is -2.12. The fraction of sp³-hybridized carbons (Fsp3) is 0. The molecule has 1 aromatic heterocycles. The summed E-state index contributed by atoms with van der Waals surface area (Å²) in [6.45, 7) is 0. The Labute approximate surface area is 350 Å². The molecule has 0 unspecified atom stereocenters. The second-order valence-corrected chi connectivity index (χ2v) is 15.3. The van der Waals surface area contributed by atoms with E-state index >= 15 is 0 Å². The Morgan fingerprint density at radius 2 is 0.800 bits per heavy atom. The first-order valence-electron chi connectivity index (χ1n) is 20.6.